The highest BCUT2D eigenvalue weighted by atomic mass is 35.5. The van der Waals surface area contributed by atoms with E-state index < -0.39 is 5.97 Å². The summed E-state index contributed by atoms with van der Waals surface area (Å²) in [6.07, 6.45) is 0.923. The fourth-order valence-electron chi connectivity index (χ4n) is 2.27. The molecule has 0 spiro atoms. The van der Waals surface area contributed by atoms with Crippen LogP contribution in [0, 0.1) is 0 Å². The number of aromatic carboxylic acids is 1. The number of halogens is 1. The van der Waals surface area contributed by atoms with Crippen molar-refractivity contribution in [2.75, 3.05) is 11.4 Å². The Kier molecular flexibility index (Phi) is 3.16. The van der Waals surface area contributed by atoms with Crippen LogP contribution in [0.2, 0.25) is 5.02 Å². The Morgan fingerprint density at radius 3 is 3.11 bits per heavy atom. The molecule has 1 aromatic carbocycles. The molecule has 3 rings (SSSR count). The van der Waals surface area contributed by atoms with Crippen molar-refractivity contribution in [1.82, 2.24) is 4.98 Å². The van der Waals surface area contributed by atoms with Crippen LogP contribution in [0.5, 0.6) is 0 Å². The lowest BCUT2D eigenvalue weighted by Crippen LogP contribution is -2.19. The van der Waals surface area contributed by atoms with Crippen LogP contribution in [0.15, 0.2) is 23.6 Å². The lowest BCUT2D eigenvalue weighted by molar-refractivity contribution is 0.0691. The molecule has 19 heavy (non-hydrogen) atoms. The van der Waals surface area contributed by atoms with Gasteiger partial charge in [0.15, 0.2) is 5.69 Å². The summed E-state index contributed by atoms with van der Waals surface area (Å²) in [4.78, 5) is 17.1. The number of carboxylic acids is 1. The molecule has 0 amide bonds. The molecule has 0 atom stereocenters. The van der Waals surface area contributed by atoms with Gasteiger partial charge in [-0.15, -0.1) is 11.3 Å². The lowest BCUT2D eigenvalue weighted by atomic mass is 10.2. The molecule has 0 aliphatic carbocycles. The number of carbonyl (C=O) groups is 1. The van der Waals surface area contributed by atoms with E-state index in [-0.39, 0.29) is 5.69 Å². The quantitative estimate of drug-likeness (QED) is 0.945. The van der Waals surface area contributed by atoms with E-state index in [1.807, 2.05) is 18.2 Å². The first-order valence-corrected chi connectivity index (χ1v) is 7.11. The van der Waals surface area contributed by atoms with Crippen molar-refractivity contribution >= 4 is 34.6 Å². The van der Waals surface area contributed by atoms with Crippen molar-refractivity contribution in [3.63, 3.8) is 0 Å². The van der Waals surface area contributed by atoms with E-state index in [0.29, 0.717) is 6.54 Å². The van der Waals surface area contributed by atoms with Gasteiger partial charge in [-0.2, -0.15) is 0 Å². The smallest absolute Gasteiger partial charge is 0.355 e. The maximum Gasteiger partial charge on any atom is 0.355 e. The van der Waals surface area contributed by atoms with Gasteiger partial charge in [0.05, 0.1) is 6.54 Å². The highest BCUT2D eigenvalue weighted by Crippen LogP contribution is 2.34. The first-order chi connectivity index (χ1) is 9.15. The minimum Gasteiger partial charge on any atom is -0.476 e. The van der Waals surface area contributed by atoms with Crippen LogP contribution < -0.4 is 4.90 Å². The van der Waals surface area contributed by atoms with Crippen molar-refractivity contribution in [3.8, 4) is 0 Å². The number of anilines is 1. The van der Waals surface area contributed by atoms with Gasteiger partial charge in [-0.3, -0.25) is 0 Å². The minimum atomic E-state index is -0.979. The van der Waals surface area contributed by atoms with Crippen LogP contribution in [0.4, 0.5) is 5.69 Å². The van der Waals surface area contributed by atoms with Gasteiger partial charge < -0.3 is 10.0 Å². The SMILES string of the molecule is O=C(O)c1csc(CN2CCc3c(Cl)cccc32)n1. The summed E-state index contributed by atoms with van der Waals surface area (Å²) in [5.41, 5.74) is 2.41. The Bertz CT molecular complexity index is 641. The number of fused-ring (bicyclic) bond motifs is 1. The number of aromatic nitrogens is 1. The third kappa shape index (κ3) is 2.31. The van der Waals surface area contributed by atoms with E-state index in [4.69, 9.17) is 16.7 Å². The number of carboxylic acid groups (broad SMARTS) is 1. The van der Waals surface area contributed by atoms with E-state index in [1.165, 1.54) is 16.9 Å². The van der Waals surface area contributed by atoms with Gasteiger partial charge in [0.1, 0.15) is 5.01 Å². The Balaban J connectivity index is 1.82. The summed E-state index contributed by atoms with van der Waals surface area (Å²) in [6, 6.07) is 5.87. The van der Waals surface area contributed by atoms with E-state index in [0.717, 1.165) is 28.7 Å². The summed E-state index contributed by atoms with van der Waals surface area (Å²) < 4.78 is 0. The number of hydrogen-bond donors (Lipinski definition) is 1. The highest BCUT2D eigenvalue weighted by molar-refractivity contribution is 7.09. The second-order valence-corrected chi connectivity index (χ2v) is 5.69. The zero-order chi connectivity index (χ0) is 13.4. The van der Waals surface area contributed by atoms with Crippen molar-refractivity contribution < 1.29 is 9.90 Å². The van der Waals surface area contributed by atoms with Gasteiger partial charge in [0.2, 0.25) is 0 Å². The summed E-state index contributed by atoms with van der Waals surface area (Å²) in [5.74, 6) is -0.979. The fraction of sp³-hybridized carbons (Fsp3) is 0.231. The molecule has 1 aromatic heterocycles. The molecule has 4 nitrogen and oxygen atoms in total. The zero-order valence-corrected chi connectivity index (χ0v) is 11.5. The average molecular weight is 295 g/mol. The molecule has 98 valence electrons. The maximum atomic E-state index is 10.8. The fourth-order valence-corrected chi connectivity index (χ4v) is 3.31. The molecular formula is C13H11ClN2O2S. The maximum absolute atomic E-state index is 10.8. The van der Waals surface area contributed by atoms with Crippen LogP contribution in [-0.4, -0.2) is 22.6 Å². The molecule has 0 saturated carbocycles. The number of rotatable bonds is 3. The van der Waals surface area contributed by atoms with E-state index in [1.54, 1.807) is 5.38 Å². The molecule has 2 heterocycles. The minimum absolute atomic E-state index is 0.116. The van der Waals surface area contributed by atoms with Crippen LogP contribution in [0.25, 0.3) is 0 Å². The Morgan fingerprint density at radius 2 is 2.37 bits per heavy atom. The molecule has 0 fully saturated rings. The predicted molar refractivity (Wildman–Crippen MR) is 75.3 cm³/mol. The van der Waals surface area contributed by atoms with Gasteiger partial charge in [0.25, 0.3) is 0 Å². The van der Waals surface area contributed by atoms with Crippen molar-refractivity contribution in [3.05, 3.63) is 44.9 Å². The Labute approximate surface area is 119 Å². The van der Waals surface area contributed by atoms with Crippen LogP contribution in [-0.2, 0) is 13.0 Å². The number of benzene rings is 1. The molecule has 1 aliphatic rings. The molecule has 0 radical (unpaired) electrons. The monoisotopic (exact) mass is 294 g/mol. The second-order valence-electron chi connectivity index (χ2n) is 4.34. The molecule has 1 N–H and O–H groups in total. The summed E-state index contributed by atoms with van der Waals surface area (Å²) in [5, 5.41) is 12.0. The predicted octanol–water partition coefficient (Wildman–Crippen LogP) is 3.06. The molecule has 1 aliphatic heterocycles. The molecule has 0 unspecified atom stereocenters. The van der Waals surface area contributed by atoms with Crippen molar-refractivity contribution in [1.29, 1.82) is 0 Å². The molecule has 0 bridgehead atoms. The summed E-state index contributed by atoms with van der Waals surface area (Å²) in [7, 11) is 0. The lowest BCUT2D eigenvalue weighted by Gasteiger charge is -2.17. The van der Waals surface area contributed by atoms with Crippen molar-refractivity contribution in [2.45, 2.75) is 13.0 Å². The third-order valence-corrected chi connectivity index (χ3v) is 4.35. The standard InChI is InChI=1S/C13H11ClN2O2S/c14-9-2-1-3-11-8(9)4-5-16(11)6-12-15-10(7-19-12)13(17)18/h1-3,7H,4-6H2,(H,17,18). The van der Waals surface area contributed by atoms with E-state index in [9.17, 15) is 4.79 Å². The van der Waals surface area contributed by atoms with Gasteiger partial charge in [-0.1, -0.05) is 17.7 Å². The van der Waals surface area contributed by atoms with Gasteiger partial charge in [-0.25, -0.2) is 9.78 Å². The molecule has 2 aromatic rings. The number of hydrogen-bond acceptors (Lipinski definition) is 4. The normalized spacial score (nSPS) is 13.6. The number of thiazole rings is 1. The first kappa shape index (κ1) is 12.4. The zero-order valence-electron chi connectivity index (χ0n) is 9.97. The van der Waals surface area contributed by atoms with Gasteiger partial charge in [0, 0.05) is 22.6 Å². The van der Waals surface area contributed by atoms with Crippen molar-refractivity contribution in [2.24, 2.45) is 0 Å². The highest BCUT2D eigenvalue weighted by Gasteiger charge is 2.22. The second kappa shape index (κ2) is 4.83. The third-order valence-electron chi connectivity index (χ3n) is 3.16. The summed E-state index contributed by atoms with van der Waals surface area (Å²) in [6.45, 7) is 1.52. The average Bonchev–Trinajstić information content (AvgIpc) is 2.98. The topological polar surface area (TPSA) is 53.4 Å². The molecule has 6 heteroatoms. The first-order valence-electron chi connectivity index (χ1n) is 5.85. The van der Waals surface area contributed by atoms with Gasteiger partial charge >= 0.3 is 5.97 Å². The van der Waals surface area contributed by atoms with Gasteiger partial charge in [-0.05, 0) is 24.1 Å². The van der Waals surface area contributed by atoms with Crippen LogP contribution in [0.1, 0.15) is 21.1 Å². The molecular weight excluding hydrogens is 284 g/mol. The number of nitrogens with zero attached hydrogens (tertiary/aromatic N) is 2. The largest absolute Gasteiger partial charge is 0.476 e. The van der Waals surface area contributed by atoms with Crippen LogP contribution in [0.3, 0.4) is 0 Å². The van der Waals surface area contributed by atoms with E-state index >= 15 is 0 Å². The summed E-state index contributed by atoms with van der Waals surface area (Å²) >= 11 is 7.54. The van der Waals surface area contributed by atoms with E-state index in [2.05, 4.69) is 9.88 Å². The van der Waals surface area contributed by atoms with Crippen LogP contribution >= 0.6 is 22.9 Å². The Hall–Kier alpha value is -1.59. The molecule has 0 saturated heterocycles. The Morgan fingerprint density at radius 1 is 1.53 bits per heavy atom.